The van der Waals surface area contributed by atoms with Gasteiger partial charge in [-0.15, -0.1) is 5.10 Å². The van der Waals surface area contributed by atoms with Crippen molar-refractivity contribution in [2.75, 3.05) is 42.3 Å². The first-order chi connectivity index (χ1) is 15.6. The number of rotatable bonds is 6. The molecule has 0 amide bonds. The molecular formula is C20H29N9O2S. The predicted octanol–water partition coefficient (Wildman–Crippen LogP) is 1.20. The van der Waals surface area contributed by atoms with Crippen molar-refractivity contribution in [3.05, 3.63) is 18.7 Å². The molecule has 2 saturated heterocycles. The molecule has 2 unspecified atom stereocenters. The van der Waals surface area contributed by atoms with Crippen molar-refractivity contribution in [2.45, 2.75) is 38.6 Å². The number of hydrogen-bond acceptors (Lipinski definition) is 9. The van der Waals surface area contributed by atoms with Crippen molar-refractivity contribution in [3.63, 3.8) is 0 Å². The van der Waals surface area contributed by atoms with Gasteiger partial charge in [0, 0.05) is 44.0 Å². The standard InChI is InChI=1S/C20H29N9O2S/c1-14-11-27(13-32(30)31)8-5-16(14)24-20-25-19-18(28-6-3-2-4-7-28)17(15-9-22-23-10-15)21-12-29(19)26-20/h9-10,12,14,16,32H,2-8,11,13H2,1H3,(H,22,23)(H,24,26). The molecule has 172 valence electrons. The number of H-pyrrole nitrogens is 1. The number of fused-ring (bicyclic) bond motifs is 1. The van der Waals surface area contributed by atoms with E-state index in [0.29, 0.717) is 5.95 Å². The molecular weight excluding hydrogens is 430 g/mol. The average Bonchev–Trinajstić information content (AvgIpc) is 3.45. The fourth-order valence-electron chi connectivity index (χ4n) is 4.81. The van der Waals surface area contributed by atoms with Crippen molar-refractivity contribution in [2.24, 2.45) is 5.92 Å². The van der Waals surface area contributed by atoms with E-state index in [1.165, 1.54) is 6.42 Å². The Morgan fingerprint density at radius 1 is 1.22 bits per heavy atom. The van der Waals surface area contributed by atoms with Gasteiger partial charge in [-0.05, 0) is 31.6 Å². The van der Waals surface area contributed by atoms with E-state index < -0.39 is 10.7 Å². The van der Waals surface area contributed by atoms with E-state index >= 15 is 0 Å². The molecule has 32 heavy (non-hydrogen) atoms. The molecule has 5 rings (SSSR count). The van der Waals surface area contributed by atoms with Gasteiger partial charge in [-0.2, -0.15) is 14.6 Å². The minimum atomic E-state index is -2.39. The third-order valence-electron chi connectivity index (χ3n) is 6.43. The Morgan fingerprint density at radius 3 is 2.78 bits per heavy atom. The van der Waals surface area contributed by atoms with E-state index in [1.54, 1.807) is 17.0 Å². The molecule has 2 N–H and O–H groups in total. The monoisotopic (exact) mass is 459 g/mol. The zero-order chi connectivity index (χ0) is 22.1. The van der Waals surface area contributed by atoms with Gasteiger partial charge in [0.15, 0.2) is 16.4 Å². The number of piperidine rings is 2. The Balaban J connectivity index is 1.43. The SMILES string of the molecule is CC1CN(C[SH](=O)=O)CCC1Nc1nc2c(N3CCCCC3)c(-c3cn[nH]c3)ncn2n1. The van der Waals surface area contributed by atoms with Crippen molar-refractivity contribution in [1.29, 1.82) is 0 Å². The normalized spacial score (nSPS) is 22.6. The third-order valence-corrected chi connectivity index (χ3v) is 7.06. The molecule has 0 aliphatic carbocycles. The molecule has 2 fully saturated rings. The van der Waals surface area contributed by atoms with Crippen LogP contribution in [-0.4, -0.2) is 81.2 Å². The van der Waals surface area contributed by atoms with Crippen LogP contribution in [0.25, 0.3) is 16.9 Å². The van der Waals surface area contributed by atoms with E-state index in [9.17, 15) is 8.42 Å². The summed E-state index contributed by atoms with van der Waals surface area (Å²) in [7, 11) is -2.39. The Hall–Kier alpha value is -2.73. The van der Waals surface area contributed by atoms with Crippen LogP contribution in [-0.2, 0) is 10.7 Å². The van der Waals surface area contributed by atoms with Crippen molar-refractivity contribution in [1.82, 2.24) is 34.7 Å². The van der Waals surface area contributed by atoms with Gasteiger partial charge in [-0.1, -0.05) is 6.92 Å². The second-order valence-electron chi connectivity index (χ2n) is 8.75. The van der Waals surface area contributed by atoms with E-state index in [4.69, 9.17) is 9.97 Å². The fourth-order valence-corrected chi connectivity index (χ4v) is 5.39. The number of nitrogens with zero attached hydrogens (tertiary/aromatic N) is 7. The van der Waals surface area contributed by atoms with Gasteiger partial charge in [-0.25, -0.2) is 13.4 Å². The summed E-state index contributed by atoms with van der Waals surface area (Å²) in [5, 5.41) is 15.1. The Kier molecular flexibility index (Phi) is 5.96. The van der Waals surface area contributed by atoms with E-state index in [2.05, 4.69) is 32.4 Å². The van der Waals surface area contributed by atoms with Crippen molar-refractivity contribution in [3.8, 4) is 11.3 Å². The van der Waals surface area contributed by atoms with Gasteiger partial charge in [0.1, 0.15) is 17.7 Å². The van der Waals surface area contributed by atoms with Crippen molar-refractivity contribution >= 4 is 28.0 Å². The number of hydrogen-bond donors (Lipinski definition) is 3. The molecule has 12 heteroatoms. The maximum Gasteiger partial charge on any atom is 0.243 e. The first-order valence-electron chi connectivity index (χ1n) is 11.2. The van der Waals surface area contributed by atoms with Gasteiger partial charge in [0.25, 0.3) is 0 Å². The molecule has 2 aliphatic rings. The third kappa shape index (κ3) is 4.29. The van der Waals surface area contributed by atoms with E-state index in [1.807, 2.05) is 11.1 Å². The second-order valence-corrected chi connectivity index (χ2v) is 9.70. The second kappa shape index (κ2) is 9.02. The van der Waals surface area contributed by atoms with Gasteiger partial charge >= 0.3 is 0 Å². The first-order valence-corrected chi connectivity index (χ1v) is 12.5. The van der Waals surface area contributed by atoms with Crippen LogP contribution in [0.4, 0.5) is 11.6 Å². The zero-order valence-corrected chi connectivity index (χ0v) is 19.0. The van der Waals surface area contributed by atoms with Crippen LogP contribution in [0.5, 0.6) is 0 Å². The number of aromatic amines is 1. The van der Waals surface area contributed by atoms with E-state index in [0.717, 1.165) is 68.0 Å². The Morgan fingerprint density at radius 2 is 2.06 bits per heavy atom. The molecule has 0 bridgehead atoms. The van der Waals surface area contributed by atoms with E-state index in [-0.39, 0.29) is 17.8 Å². The van der Waals surface area contributed by atoms with Crippen LogP contribution in [0, 0.1) is 5.92 Å². The number of thiol groups is 1. The molecule has 0 radical (unpaired) electrons. The largest absolute Gasteiger partial charge is 0.367 e. The highest BCUT2D eigenvalue weighted by Crippen LogP contribution is 2.34. The van der Waals surface area contributed by atoms with Crippen LogP contribution < -0.4 is 10.2 Å². The highest BCUT2D eigenvalue weighted by Gasteiger charge is 2.28. The smallest absolute Gasteiger partial charge is 0.243 e. The van der Waals surface area contributed by atoms with Crippen LogP contribution >= 0.6 is 0 Å². The maximum absolute atomic E-state index is 11.1. The highest BCUT2D eigenvalue weighted by atomic mass is 32.2. The first kappa shape index (κ1) is 21.1. The summed E-state index contributed by atoms with van der Waals surface area (Å²) in [6.45, 7) is 5.55. The van der Waals surface area contributed by atoms with Crippen molar-refractivity contribution < 1.29 is 8.42 Å². The molecule has 2 atom stereocenters. The average molecular weight is 460 g/mol. The summed E-state index contributed by atoms with van der Waals surface area (Å²) in [6, 6.07) is 0.188. The number of anilines is 2. The fraction of sp³-hybridized carbons (Fsp3) is 0.600. The van der Waals surface area contributed by atoms with Crippen LogP contribution in [0.15, 0.2) is 18.7 Å². The number of likely N-dealkylation sites (tertiary alicyclic amines) is 1. The number of aromatic nitrogens is 6. The molecule has 5 heterocycles. The van der Waals surface area contributed by atoms with Gasteiger partial charge in [0.05, 0.1) is 12.1 Å². The molecule has 0 saturated carbocycles. The summed E-state index contributed by atoms with van der Waals surface area (Å²) in [5.74, 6) is 0.988. The minimum absolute atomic E-state index is 0.126. The van der Waals surface area contributed by atoms with Gasteiger partial charge < -0.3 is 10.2 Å². The van der Waals surface area contributed by atoms with Gasteiger partial charge in [0.2, 0.25) is 5.95 Å². The van der Waals surface area contributed by atoms with Crippen LogP contribution in [0.2, 0.25) is 0 Å². The summed E-state index contributed by atoms with van der Waals surface area (Å²) >= 11 is 0. The van der Waals surface area contributed by atoms with Crippen LogP contribution in [0.3, 0.4) is 0 Å². The lowest BCUT2D eigenvalue weighted by atomic mass is 9.94. The van der Waals surface area contributed by atoms with Gasteiger partial charge in [-0.3, -0.25) is 10.00 Å². The lowest BCUT2D eigenvalue weighted by Crippen LogP contribution is -2.45. The summed E-state index contributed by atoms with van der Waals surface area (Å²) < 4.78 is 23.9. The molecule has 2 aliphatic heterocycles. The minimum Gasteiger partial charge on any atom is -0.367 e. The lowest BCUT2D eigenvalue weighted by Gasteiger charge is -2.35. The number of nitrogens with one attached hydrogen (secondary N) is 2. The zero-order valence-electron chi connectivity index (χ0n) is 18.1. The summed E-state index contributed by atoms with van der Waals surface area (Å²) in [4.78, 5) is 13.9. The lowest BCUT2D eigenvalue weighted by molar-refractivity contribution is 0.196. The molecule has 0 spiro atoms. The summed E-state index contributed by atoms with van der Waals surface area (Å²) in [5.41, 5.74) is 3.58. The van der Waals surface area contributed by atoms with Crippen LogP contribution in [0.1, 0.15) is 32.6 Å². The quantitative estimate of drug-likeness (QED) is 0.466. The summed E-state index contributed by atoms with van der Waals surface area (Å²) in [6.07, 6.45) is 9.73. The molecule has 3 aromatic heterocycles. The highest BCUT2D eigenvalue weighted by molar-refractivity contribution is 7.72. The molecule has 11 nitrogen and oxygen atoms in total. The predicted molar refractivity (Wildman–Crippen MR) is 122 cm³/mol. The molecule has 0 aromatic carbocycles. The Labute approximate surface area is 188 Å². The maximum atomic E-state index is 11.1. The Bertz CT molecular complexity index is 1130. The topological polar surface area (TPSA) is 124 Å². The molecule has 3 aromatic rings.